The fourth-order valence-corrected chi connectivity index (χ4v) is 3.28. The average molecular weight is 332 g/mol. The highest BCUT2D eigenvalue weighted by molar-refractivity contribution is 5.39. The molecular formula is C20H22F2O2. The van der Waals surface area contributed by atoms with Crippen LogP contribution in [0.3, 0.4) is 0 Å². The Morgan fingerprint density at radius 2 is 1.42 bits per heavy atom. The lowest BCUT2D eigenvalue weighted by Crippen LogP contribution is -2.10. The average Bonchev–Trinajstić information content (AvgIpc) is 2.61. The van der Waals surface area contributed by atoms with Crippen LogP contribution in [0.5, 0.6) is 17.2 Å². The molecule has 2 aromatic rings. The number of hydrogen-bond donors (Lipinski definition) is 0. The zero-order chi connectivity index (χ0) is 17.1. The molecule has 0 heterocycles. The quantitative estimate of drug-likeness (QED) is 0.677. The highest BCUT2D eigenvalue weighted by Gasteiger charge is 2.20. The van der Waals surface area contributed by atoms with Gasteiger partial charge in [0.1, 0.15) is 5.75 Å². The van der Waals surface area contributed by atoms with Gasteiger partial charge in [-0.1, -0.05) is 31.9 Å². The Hall–Kier alpha value is -2.10. The molecule has 128 valence electrons. The molecule has 2 aromatic carbocycles. The van der Waals surface area contributed by atoms with E-state index in [1.165, 1.54) is 50.5 Å². The Labute approximate surface area is 141 Å². The first kappa shape index (κ1) is 16.7. The van der Waals surface area contributed by atoms with E-state index >= 15 is 0 Å². The Morgan fingerprint density at radius 3 is 2.04 bits per heavy atom. The molecule has 1 aliphatic rings. The molecule has 0 saturated heterocycles. The van der Waals surface area contributed by atoms with Crippen molar-refractivity contribution in [3.8, 4) is 17.2 Å². The Balaban J connectivity index is 1.72. The first-order valence-corrected chi connectivity index (χ1v) is 8.38. The molecule has 0 spiro atoms. The van der Waals surface area contributed by atoms with Gasteiger partial charge in [-0.25, -0.2) is 0 Å². The molecule has 0 unspecified atom stereocenters. The van der Waals surface area contributed by atoms with E-state index in [9.17, 15) is 8.78 Å². The summed E-state index contributed by atoms with van der Waals surface area (Å²) in [6.07, 6.45) is 4.94. The fraction of sp³-hybridized carbons (Fsp3) is 0.400. The van der Waals surface area contributed by atoms with Crippen LogP contribution in [0, 0.1) is 17.6 Å². The minimum atomic E-state index is -1.04. The number of halogens is 2. The van der Waals surface area contributed by atoms with Gasteiger partial charge in [-0.15, -0.1) is 0 Å². The van der Waals surface area contributed by atoms with Crippen molar-refractivity contribution in [2.45, 2.75) is 38.5 Å². The number of methoxy groups -OCH3 is 1. The highest BCUT2D eigenvalue weighted by atomic mass is 19.2. The second-order valence-electron chi connectivity index (χ2n) is 6.52. The summed E-state index contributed by atoms with van der Waals surface area (Å²) in [6.45, 7) is 2.30. The third-order valence-corrected chi connectivity index (χ3v) is 4.83. The van der Waals surface area contributed by atoms with E-state index in [0.717, 1.165) is 5.92 Å². The van der Waals surface area contributed by atoms with Gasteiger partial charge >= 0.3 is 0 Å². The predicted molar refractivity (Wildman–Crippen MR) is 89.8 cm³/mol. The number of benzene rings is 2. The van der Waals surface area contributed by atoms with Crippen LogP contribution >= 0.6 is 0 Å². The van der Waals surface area contributed by atoms with Crippen LogP contribution in [0.2, 0.25) is 0 Å². The van der Waals surface area contributed by atoms with Crippen molar-refractivity contribution in [2.75, 3.05) is 7.11 Å². The third kappa shape index (κ3) is 3.53. The van der Waals surface area contributed by atoms with E-state index in [1.54, 1.807) is 0 Å². The van der Waals surface area contributed by atoms with Gasteiger partial charge in [0.05, 0.1) is 7.11 Å². The summed E-state index contributed by atoms with van der Waals surface area (Å²) in [5.74, 6) is -0.467. The summed E-state index contributed by atoms with van der Waals surface area (Å²) in [4.78, 5) is 0. The predicted octanol–water partition coefficient (Wildman–Crippen LogP) is 6.06. The maximum atomic E-state index is 14.0. The smallest absolute Gasteiger partial charge is 0.205 e. The molecule has 4 heteroatoms. The van der Waals surface area contributed by atoms with Crippen molar-refractivity contribution < 1.29 is 18.3 Å². The largest absolute Gasteiger partial charge is 0.494 e. The van der Waals surface area contributed by atoms with Gasteiger partial charge in [-0.2, -0.15) is 8.78 Å². The van der Waals surface area contributed by atoms with Crippen molar-refractivity contribution in [2.24, 2.45) is 5.92 Å². The van der Waals surface area contributed by atoms with Crippen LogP contribution in [0.15, 0.2) is 36.4 Å². The van der Waals surface area contributed by atoms with Crippen molar-refractivity contribution in [3.05, 3.63) is 53.6 Å². The molecule has 0 aromatic heterocycles. The normalized spacial score (nSPS) is 20.7. The molecular weight excluding hydrogens is 310 g/mol. The van der Waals surface area contributed by atoms with Gasteiger partial charge in [0.15, 0.2) is 11.5 Å². The summed E-state index contributed by atoms with van der Waals surface area (Å²) in [6, 6.07) is 10.4. The van der Waals surface area contributed by atoms with E-state index in [4.69, 9.17) is 9.47 Å². The minimum Gasteiger partial charge on any atom is -0.494 e. The highest BCUT2D eigenvalue weighted by Crippen LogP contribution is 2.37. The summed E-state index contributed by atoms with van der Waals surface area (Å²) >= 11 is 0. The number of hydrogen-bond acceptors (Lipinski definition) is 2. The third-order valence-electron chi connectivity index (χ3n) is 4.83. The second kappa shape index (κ2) is 7.20. The SMILES string of the molecule is COc1ccc(Oc2ccc(C3CCC(C)CC3)cc2)c(F)c1F. The number of ether oxygens (including phenoxy) is 2. The Kier molecular flexibility index (Phi) is 5.03. The molecule has 0 N–H and O–H groups in total. The van der Waals surface area contributed by atoms with Gasteiger partial charge in [-0.3, -0.25) is 0 Å². The molecule has 1 saturated carbocycles. The Bertz CT molecular complexity index is 690. The molecule has 24 heavy (non-hydrogen) atoms. The summed E-state index contributed by atoms with van der Waals surface area (Å²) in [7, 11) is 1.29. The van der Waals surface area contributed by atoms with Gasteiger partial charge in [-0.05, 0) is 54.5 Å². The molecule has 3 rings (SSSR count). The molecule has 2 nitrogen and oxygen atoms in total. The topological polar surface area (TPSA) is 18.5 Å². The maximum absolute atomic E-state index is 14.0. The first-order valence-electron chi connectivity index (χ1n) is 8.38. The molecule has 1 aliphatic carbocycles. The number of rotatable bonds is 4. The zero-order valence-corrected chi connectivity index (χ0v) is 14.0. The van der Waals surface area contributed by atoms with Crippen LogP contribution in [-0.2, 0) is 0 Å². The zero-order valence-electron chi connectivity index (χ0n) is 14.0. The van der Waals surface area contributed by atoms with E-state index < -0.39 is 11.6 Å². The summed E-state index contributed by atoms with van der Waals surface area (Å²) < 4.78 is 37.9. The summed E-state index contributed by atoms with van der Waals surface area (Å²) in [5.41, 5.74) is 1.29. The van der Waals surface area contributed by atoms with Gasteiger partial charge in [0.25, 0.3) is 0 Å². The lowest BCUT2D eigenvalue weighted by molar-refractivity contribution is 0.347. The lowest BCUT2D eigenvalue weighted by Gasteiger charge is -2.26. The van der Waals surface area contributed by atoms with Gasteiger partial charge in [0.2, 0.25) is 11.6 Å². The monoisotopic (exact) mass is 332 g/mol. The summed E-state index contributed by atoms with van der Waals surface area (Å²) in [5, 5.41) is 0. The van der Waals surface area contributed by atoms with Crippen molar-refractivity contribution >= 4 is 0 Å². The van der Waals surface area contributed by atoms with Crippen LogP contribution < -0.4 is 9.47 Å². The van der Waals surface area contributed by atoms with Gasteiger partial charge in [0, 0.05) is 0 Å². The van der Waals surface area contributed by atoms with Gasteiger partial charge < -0.3 is 9.47 Å². The van der Waals surface area contributed by atoms with Crippen LogP contribution in [0.25, 0.3) is 0 Å². The maximum Gasteiger partial charge on any atom is 0.205 e. The molecule has 0 aliphatic heterocycles. The van der Waals surface area contributed by atoms with Crippen LogP contribution in [0.4, 0.5) is 8.78 Å². The standard InChI is InChI=1S/C20H22F2O2/c1-13-3-5-14(6-4-13)15-7-9-16(10-8-15)24-18-12-11-17(23-2)19(21)20(18)22/h7-14H,3-6H2,1-2H3. The van der Waals surface area contributed by atoms with E-state index in [1.807, 2.05) is 24.3 Å². The van der Waals surface area contributed by atoms with Crippen molar-refractivity contribution in [3.63, 3.8) is 0 Å². The molecule has 0 atom stereocenters. The van der Waals surface area contributed by atoms with Crippen molar-refractivity contribution in [1.29, 1.82) is 0 Å². The molecule has 0 amide bonds. The Morgan fingerprint density at radius 1 is 0.833 bits per heavy atom. The van der Waals surface area contributed by atoms with E-state index in [-0.39, 0.29) is 11.5 Å². The van der Waals surface area contributed by atoms with E-state index in [2.05, 4.69) is 6.92 Å². The molecule has 1 fully saturated rings. The van der Waals surface area contributed by atoms with Crippen LogP contribution in [0.1, 0.15) is 44.1 Å². The fourth-order valence-electron chi connectivity index (χ4n) is 3.28. The first-order chi connectivity index (χ1) is 11.6. The van der Waals surface area contributed by atoms with E-state index in [0.29, 0.717) is 11.7 Å². The lowest BCUT2D eigenvalue weighted by atomic mass is 9.79. The molecule has 0 radical (unpaired) electrons. The van der Waals surface area contributed by atoms with Crippen molar-refractivity contribution in [1.82, 2.24) is 0 Å². The molecule has 0 bridgehead atoms. The minimum absolute atomic E-state index is 0.137. The second-order valence-corrected chi connectivity index (χ2v) is 6.52. The van der Waals surface area contributed by atoms with Crippen LogP contribution in [-0.4, -0.2) is 7.11 Å².